The average Bonchev–Trinajstić information content (AvgIpc) is 0. The second-order valence-electron chi connectivity index (χ2n) is 0. The van der Waals surface area contributed by atoms with E-state index in [0.717, 1.165) is 0 Å². The molecule has 0 radical (unpaired) electrons. The second kappa shape index (κ2) is 209. The van der Waals surface area contributed by atoms with Crippen molar-refractivity contribution in [2.45, 2.75) is 0 Å². The van der Waals surface area contributed by atoms with Crippen molar-refractivity contribution in [2.24, 2.45) is 0 Å². The maximum Gasteiger partial charge on any atom is 4.00 e. The van der Waals surface area contributed by atoms with Crippen LogP contribution in [-0.2, 0) is 136 Å². The van der Waals surface area contributed by atoms with Crippen LogP contribution in [0.25, 0.3) is 0 Å². The van der Waals surface area contributed by atoms with Gasteiger partial charge >= 0.3 is 190 Å². The van der Waals surface area contributed by atoms with E-state index in [4.69, 9.17) is 0 Å². The molecular weight excluding hydrogens is 414 g/mol. The first-order valence-electron chi connectivity index (χ1n) is 0. The molecular formula is K2O9Ti4. The van der Waals surface area contributed by atoms with Crippen molar-refractivity contribution >= 4 is 0 Å². The topological polar surface area (TPSA) is 256 Å². The van der Waals surface area contributed by atoms with Crippen molar-refractivity contribution in [1.82, 2.24) is 0 Å². The Morgan fingerprint density at radius 1 is 0.200 bits per heavy atom. The third kappa shape index (κ3) is 188. The predicted octanol–water partition coefficient (Wildman–Crippen LogP) is -7.07. The van der Waals surface area contributed by atoms with E-state index < -0.39 is 0 Å². The van der Waals surface area contributed by atoms with Crippen LogP contribution in [0.3, 0.4) is 0 Å². The van der Waals surface area contributed by atoms with Crippen molar-refractivity contribution in [1.29, 1.82) is 0 Å². The predicted molar refractivity (Wildman–Crippen MR) is 6.18 cm³/mol. The molecule has 0 aliphatic carbocycles. The van der Waals surface area contributed by atoms with Crippen molar-refractivity contribution in [2.75, 3.05) is 0 Å². The van der Waals surface area contributed by atoms with E-state index in [0.29, 0.717) is 0 Å². The van der Waals surface area contributed by atoms with Crippen molar-refractivity contribution in [3.63, 3.8) is 0 Å². The van der Waals surface area contributed by atoms with E-state index in [2.05, 4.69) is 0 Å². The molecule has 0 bridgehead atoms. The Bertz CT molecular complexity index is 20.1. The van der Waals surface area contributed by atoms with Crippen LogP contribution < -0.4 is 103 Å². The quantitative estimate of drug-likeness (QED) is 0.335. The van der Waals surface area contributed by atoms with Crippen LogP contribution in [0.1, 0.15) is 0 Å². The van der Waals surface area contributed by atoms with Crippen LogP contribution in [0, 0.1) is 0 Å². The summed E-state index contributed by atoms with van der Waals surface area (Å²) in [5.74, 6) is 0. The fraction of sp³-hybridized carbons (Fsp3) is 0. The summed E-state index contributed by atoms with van der Waals surface area (Å²) >= 11 is 0. The molecule has 0 aromatic heterocycles. The molecule has 0 aliphatic rings. The zero-order chi connectivity index (χ0) is 0. The summed E-state index contributed by atoms with van der Waals surface area (Å²) in [6.45, 7) is 0. The van der Waals surface area contributed by atoms with Gasteiger partial charge in [0.25, 0.3) is 0 Å². The second-order valence-corrected chi connectivity index (χ2v) is 0. The van der Waals surface area contributed by atoms with Gasteiger partial charge in [-0.3, -0.25) is 0 Å². The van der Waals surface area contributed by atoms with Crippen LogP contribution in [0.4, 0.5) is 0 Å². The Balaban J connectivity index is 0. The summed E-state index contributed by atoms with van der Waals surface area (Å²) in [4.78, 5) is 0. The van der Waals surface area contributed by atoms with E-state index in [-0.39, 0.29) is 239 Å². The summed E-state index contributed by atoms with van der Waals surface area (Å²) in [6.07, 6.45) is 0. The number of hydrogen-bond donors (Lipinski definition) is 0. The standard InChI is InChI=1S/2K.9O.4Ti/q2*+1;9*-2;4*+4. The van der Waals surface area contributed by atoms with E-state index in [1.165, 1.54) is 0 Å². The van der Waals surface area contributed by atoms with Crippen molar-refractivity contribution < 1.29 is 239 Å². The van der Waals surface area contributed by atoms with Crippen LogP contribution in [0.5, 0.6) is 0 Å². The van der Waals surface area contributed by atoms with Crippen molar-refractivity contribution in [3.05, 3.63) is 0 Å². The minimum atomic E-state index is 0. The summed E-state index contributed by atoms with van der Waals surface area (Å²) in [5, 5.41) is 0. The normalized spacial score (nSPS) is 0. The molecule has 15 heavy (non-hydrogen) atoms. The number of rotatable bonds is 0. The first-order valence-corrected chi connectivity index (χ1v) is 0. The fourth-order valence-electron chi connectivity index (χ4n) is 0. The zero-order valence-electron chi connectivity index (χ0n) is 7.67. The molecule has 15 heteroatoms. The molecule has 72 valence electrons. The molecule has 0 atom stereocenters. The maximum absolute atomic E-state index is 0. The van der Waals surface area contributed by atoms with Gasteiger partial charge in [-0.2, -0.15) is 0 Å². The molecule has 9 nitrogen and oxygen atoms in total. The molecule has 0 spiro atoms. The van der Waals surface area contributed by atoms with E-state index in [1.54, 1.807) is 0 Å². The van der Waals surface area contributed by atoms with E-state index >= 15 is 0 Å². The van der Waals surface area contributed by atoms with Gasteiger partial charge in [-0.25, -0.2) is 0 Å². The van der Waals surface area contributed by atoms with Gasteiger partial charge in [0.05, 0.1) is 0 Å². The fourth-order valence-corrected chi connectivity index (χ4v) is 0. The van der Waals surface area contributed by atoms with Gasteiger partial charge in [-0.15, -0.1) is 0 Å². The van der Waals surface area contributed by atoms with Gasteiger partial charge in [-0.05, 0) is 0 Å². The largest absolute Gasteiger partial charge is 4.00 e. The first kappa shape index (κ1) is 244. The third-order valence-electron chi connectivity index (χ3n) is 0. The van der Waals surface area contributed by atoms with Crippen LogP contribution in [0.2, 0.25) is 0 Å². The average molecular weight is 414 g/mol. The minimum Gasteiger partial charge on any atom is -2.00 e. The summed E-state index contributed by atoms with van der Waals surface area (Å²) in [5.41, 5.74) is 0. The molecule has 0 fully saturated rings. The Hall–Kier alpha value is 5.77. The minimum absolute atomic E-state index is 0. The molecule has 0 heterocycles. The van der Waals surface area contributed by atoms with Gasteiger partial charge < -0.3 is 49.3 Å². The summed E-state index contributed by atoms with van der Waals surface area (Å²) < 4.78 is 0. The SMILES string of the molecule is [K+].[K+].[O-2].[O-2].[O-2].[O-2].[O-2].[O-2].[O-2].[O-2].[O-2].[Ti+4].[Ti+4].[Ti+4].[Ti+4]. The molecule has 0 amide bonds. The van der Waals surface area contributed by atoms with Gasteiger partial charge in [0, 0.05) is 0 Å². The zero-order valence-corrected chi connectivity index (χ0v) is 20.2. The Morgan fingerprint density at radius 3 is 0.200 bits per heavy atom. The van der Waals surface area contributed by atoms with E-state index in [9.17, 15) is 0 Å². The summed E-state index contributed by atoms with van der Waals surface area (Å²) in [7, 11) is 0. The van der Waals surface area contributed by atoms with Gasteiger partial charge in [0.1, 0.15) is 0 Å². The molecule has 0 saturated heterocycles. The Kier molecular flexibility index (Phi) is 3400. The van der Waals surface area contributed by atoms with Gasteiger partial charge in [-0.1, -0.05) is 0 Å². The molecule has 0 aromatic rings. The molecule has 0 saturated carbocycles. The van der Waals surface area contributed by atoms with Gasteiger partial charge in [0.2, 0.25) is 0 Å². The van der Waals surface area contributed by atoms with Crippen molar-refractivity contribution in [3.8, 4) is 0 Å². The molecule has 0 aromatic carbocycles. The molecule has 0 aliphatic heterocycles. The molecule has 0 rings (SSSR count). The molecule has 0 unspecified atom stereocenters. The van der Waals surface area contributed by atoms with Crippen LogP contribution in [0.15, 0.2) is 0 Å². The maximum atomic E-state index is 0. The Morgan fingerprint density at radius 2 is 0.200 bits per heavy atom. The first-order chi connectivity index (χ1) is 0. The van der Waals surface area contributed by atoms with Gasteiger partial charge in [0.15, 0.2) is 0 Å². The third-order valence-corrected chi connectivity index (χ3v) is 0. The van der Waals surface area contributed by atoms with Crippen LogP contribution in [-0.4, -0.2) is 0 Å². The Labute approximate surface area is 233 Å². The number of hydrogen-bond acceptors (Lipinski definition) is 0. The smallest absolute Gasteiger partial charge is 2.00 e. The summed E-state index contributed by atoms with van der Waals surface area (Å²) in [6, 6.07) is 0. The monoisotopic (exact) mass is 414 g/mol. The molecule has 0 N–H and O–H groups in total. The van der Waals surface area contributed by atoms with E-state index in [1.807, 2.05) is 0 Å². The van der Waals surface area contributed by atoms with Crippen LogP contribution >= 0.6 is 0 Å².